The highest BCUT2D eigenvalue weighted by atomic mass is 19.1. The van der Waals surface area contributed by atoms with Gasteiger partial charge in [0.1, 0.15) is 5.82 Å². The topological polar surface area (TPSA) is 44.4 Å². The van der Waals surface area contributed by atoms with Gasteiger partial charge in [-0.3, -0.25) is 4.79 Å². The second kappa shape index (κ2) is 8.99. The molecule has 0 fully saturated rings. The highest BCUT2D eigenvalue weighted by Gasteiger charge is 2.21. The van der Waals surface area contributed by atoms with Gasteiger partial charge in [0.25, 0.3) is 0 Å². The molecule has 0 radical (unpaired) electrons. The molecule has 0 saturated heterocycles. The van der Waals surface area contributed by atoms with E-state index in [2.05, 4.69) is 29.4 Å². The molecule has 0 saturated carbocycles. The lowest BCUT2D eigenvalue weighted by atomic mass is 9.92. The summed E-state index contributed by atoms with van der Waals surface area (Å²) < 4.78 is 12.8. The van der Waals surface area contributed by atoms with Crippen LogP contribution in [0, 0.1) is 11.2 Å². The minimum atomic E-state index is -0.240. The van der Waals surface area contributed by atoms with Gasteiger partial charge >= 0.3 is 0 Å². The van der Waals surface area contributed by atoms with Crippen LogP contribution in [0.5, 0.6) is 0 Å². The molecule has 5 heteroatoms. The van der Waals surface area contributed by atoms with Crippen molar-refractivity contribution in [3.63, 3.8) is 0 Å². The van der Waals surface area contributed by atoms with Crippen molar-refractivity contribution in [3.8, 4) is 0 Å². The second-order valence-electron chi connectivity index (χ2n) is 7.17. The Morgan fingerprint density at radius 2 is 1.87 bits per heavy atom. The molecule has 0 aliphatic carbocycles. The number of nitrogens with one attached hydrogen (secondary N) is 2. The minimum absolute atomic E-state index is 0.00670. The molecule has 0 heterocycles. The third kappa shape index (κ3) is 8.09. The fraction of sp³-hybridized carbons (Fsp3) is 0.611. The Morgan fingerprint density at radius 3 is 2.43 bits per heavy atom. The molecule has 1 aromatic rings. The van der Waals surface area contributed by atoms with Crippen molar-refractivity contribution in [2.45, 2.75) is 33.2 Å². The SMILES string of the molecule is CC(NCC(C)(C)CN(C)C)C(=O)NCCc1ccc(F)cc1. The van der Waals surface area contributed by atoms with E-state index in [4.69, 9.17) is 0 Å². The van der Waals surface area contributed by atoms with Crippen LogP contribution in [0.15, 0.2) is 24.3 Å². The van der Waals surface area contributed by atoms with Gasteiger partial charge in [-0.2, -0.15) is 0 Å². The zero-order chi connectivity index (χ0) is 17.5. The molecule has 4 nitrogen and oxygen atoms in total. The predicted octanol–water partition coefficient (Wildman–Crippen LogP) is 2.05. The van der Waals surface area contributed by atoms with Crippen LogP contribution in [0.1, 0.15) is 26.3 Å². The van der Waals surface area contributed by atoms with Crippen molar-refractivity contribution in [1.82, 2.24) is 15.5 Å². The van der Waals surface area contributed by atoms with E-state index >= 15 is 0 Å². The van der Waals surface area contributed by atoms with Crippen molar-refractivity contribution in [2.24, 2.45) is 5.41 Å². The van der Waals surface area contributed by atoms with E-state index in [0.29, 0.717) is 13.0 Å². The van der Waals surface area contributed by atoms with Crippen molar-refractivity contribution < 1.29 is 9.18 Å². The first-order valence-corrected chi connectivity index (χ1v) is 8.10. The quantitative estimate of drug-likeness (QED) is 0.731. The standard InChI is InChI=1S/C18H30FN3O/c1-14(21-12-18(2,3)13-22(4)5)17(23)20-11-10-15-6-8-16(19)9-7-15/h6-9,14,21H,10-13H2,1-5H3,(H,20,23). The number of benzene rings is 1. The minimum Gasteiger partial charge on any atom is -0.354 e. The van der Waals surface area contributed by atoms with E-state index in [1.807, 2.05) is 21.0 Å². The monoisotopic (exact) mass is 323 g/mol. The third-order valence-corrected chi connectivity index (χ3v) is 3.65. The summed E-state index contributed by atoms with van der Waals surface area (Å²) >= 11 is 0. The Balaban J connectivity index is 2.29. The zero-order valence-electron chi connectivity index (χ0n) is 14.9. The Bertz CT molecular complexity index is 486. The van der Waals surface area contributed by atoms with Gasteiger partial charge in [0.2, 0.25) is 5.91 Å². The van der Waals surface area contributed by atoms with E-state index < -0.39 is 0 Å². The van der Waals surface area contributed by atoms with E-state index in [1.54, 1.807) is 12.1 Å². The molecule has 0 aromatic heterocycles. The molecule has 130 valence electrons. The van der Waals surface area contributed by atoms with Crippen LogP contribution in [0.25, 0.3) is 0 Å². The zero-order valence-corrected chi connectivity index (χ0v) is 14.9. The molecular formula is C18H30FN3O. The van der Waals surface area contributed by atoms with Gasteiger partial charge in [-0.1, -0.05) is 26.0 Å². The lowest BCUT2D eigenvalue weighted by Gasteiger charge is -2.29. The average Bonchev–Trinajstić information content (AvgIpc) is 2.45. The Labute approximate surface area is 139 Å². The number of nitrogens with zero attached hydrogens (tertiary/aromatic N) is 1. The molecule has 2 N–H and O–H groups in total. The Kier molecular flexibility index (Phi) is 7.65. The molecule has 1 rings (SSSR count). The lowest BCUT2D eigenvalue weighted by Crippen LogP contribution is -2.47. The molecule has 1 unspecified atom stereocenters. The molecule has 0 bridgehead atoms. The second-order valence-corrected chi connectivity index (χ2v) is 7.17. The molecule has 1 aromatic carbocycles. The highest BCUT2D eigenvalue weighted by Crippen LogP contribution is 2.14. The fourth-order valence-electron chi connectivity index (χ4n) is 2.57. The smallest absolute Gasteiger partial charge is 0.236 e. The van der Waals surface area contributed by atoms with Gasteiger partial charge in [-0.25, -0.2) is 4.39 Å². The van der Waals surface area contributed by atoms with E-state index in [-0.39, 0.29) is 23.2 Å². The number of hydrogen-bond acceptors (Lipinski definition) is 3. The number of rotatable bonds is 9. The maximum Gasteiger partial charge on any atom is 0.236 e. The molecular weight excluding hydrogens is 293 g/mol. The summed E-state index contributed by atoms with van der Waals surface area (Å²) in [7, 11) is 4.10. The van der Waals surface area contributed by atoms with Gasteiger partial charge in [0, 0.05) is 19.6 Å². The summed E-state index contributed by atoms with van der Waals surface area (Å²) in [5.74, 6) is -0.247. The molecule has 0 aliphatic heterocycles. The first-order chi connectivity index (χ1) is 10.7. The van der Waals surface area contributed by atoms with Gasteiger partial charge < -0.3 is 15.5 Å². The third-order valence-electron chi connectivity index (χ3n) is 3.65. The van der Waals surface area contributed by atoms with Gasteiger partial charge in [0.15, 0.2) is 0 Å². The van der Waals surface area contributed by atoms with Crippen LogP contribution in [0.3, 0.4) is 0 Å². The summed E-state index contributed by atoms with van der Waals surface area (Å²) in [5.41, 5.74) is 1.12. The number of amides is 1. The summed E-state index contributed by atoms with van der Waals surface area (Å²) in [4.78, 5) is 14.2. The summed E-state index contributed by atoms with van der Waals surface area (Å²) in [6.07, 6.45) is 0.699. The van der Waals surface area contributed by atoms with Crippen LogP contribution < -0.4 is 10.6 Å². The summed E-state index contributed by atoms with van der Waals surface area (Å²) in [5, 5.41) is 6.21. The fourth-order valence-corrected chi connectivity index (χ4v) is 2.57. The van der Waals surface area contributed by atoms with E-state index in [0.717, 1.165) is 18.7 Å². The van der Waals surface area contributed by atoms with Crippen LogP contribution in [0.2, 0.25) is 0 Å². The maximum atomic E-state index is 12.8. The van der Waals surface area contributed by atoms with Crippen LogP contribution in [-0.4, -0.2) is 50.6 Å². The maximum absolute atomic E-state index is 12.8. The molecule has 0 aliphatic rings. The molecule has 1 amide bonds. The molecule has 1 atom stereocenters. The van der Waals surface area contributed by atoms with Gasteiger partial charge in [-0.15, -0.1) is 0 Å². The largest absolute Gasteiger partial charge is 0.354 e. The van der Waals surface area contributed by atoms with Crippen molar-refractivity contribution in [1.29, 1.82) is 0 Å². The number of hydrogen-bond donors (Lipinski definition) is 2. The van der Waals surface area contributed by atoms with Crippen LogP contribution >= 0.6 is 0 Å². The number of halogens is 1. The first kappa shape index (κ1) is 19.6. The lowest BCUT2D eigenvalue weighted by molar-refractivity contribution is -0.122. The van der Waals surface area contributed by atoms with E-state index in [1.165, 1.54) is 12.1 Å². The van der Waals surface area contributed by atoms with Crippen molar-refractivity contribution >= 4 is 5.91 Å². The normalized spacial score (nSPS) is 13.2. The number of carbonyl (C=O) groups is 1. The summed E-state index contributed by atoms with van der Waals surface area (Å²) in [6.45, 7) is 8.52. The van der Waals surface area contributed by atoms with E-state index in [9.17, 15) is 9.18 Å². The van der Waals surface area contributed by atoms with Crippen molar-refractivity contribution in [2.75, 3.05) is 33.7 Å². The predicted molar refractivity (Wildman–Crippen MR) is 92.9 cm³/mol. The Hall–Kier alpha value is -1.46. The van der Waals surface area contributed by atoms with Crippen LogP contribution in [-0.2, 0) is 11.2 Å². The Morgan fingerprint density at radius 1 is 1.26 bits per heavy atom. The summed E-state index contributed by atoms with van der Waals surface area (Å²) in [6, 6.07) is 6.13. The van der Waals surface area contributed by atoms with Crippen LogP contribution in [0.4, 0.5) is 4.39 Å². The molecule has 0 spiro atoms. The highest BCUT2D eigenvalue weighted by molar-refractivity contribution is 5.81. The van der Waals surface area contributed by atoms with Gasteiger partial charge in [-0.05, 0) is 50.6 Å². The van der Waals surface area contributed by atoms with Gasteiger partial charge in [0.05, 0.1) is 6.04 Å². The number of carbonyl (C=O) groups excluding carboxylic acids is 1. The molecule has 23 heavy (non-hydrogen) atoms. The average molecular weight is 323 g/mol. The first-order valence-electron chi connectivity index (χ1n) is 8.10. The van der Waals surface area contributed by atoms with Crippen molar-refractivity contribution in [3.05, 3.63) is 35.6 Å².